The molecule has 1 atom stereocenters. The van der Waals surface area contributed by atoms with E-state index in [1.807, 2.05) is 13.8 Å². The van der Waals surface area contributed by atoms with Gasteiger partial charge in [-0.05, 0) is 20.8 Å². The largest absolute Gasteiger partial charge is 0.377 e. The smallest absolute Gasteiger partial charge is 0.258 e. The van der Waals surface area contributed by atoms with Crippen LogP contribution in [0.4, 0.5) is 0 Å². The van der Waals surface area contributed by atoms with Crippen molar-refractivity contribution >= 4 is 5.91 Å². The van der Waals surface area contributed by atoms with Gasteiger partial charge in [-0.3, -0.25) is 14.3 Å². The molecule has 24 heavy (non-hydrogen) atoms. The lowest BCUT2D eigenvalue weighted by Crippen LogP contribution is -2.44. The van der Waals surface area contributed by atoms with Crippen molar-refractivity contribution in [2.24, 2.45) is 0 Å². The van der Waals surface area contributed by atoms with Crippen molar-refractivity contribution in [3.8, 4) is 0 Å². The van der Waals surface area contributed by atoms with Crippen LogP contribution in [0.1, 0.15) is 40.5 Å². The van der Waals surface area contributed by atoms with Gasteiger partial charge < -0.3 is 14.6 Å². The molecule has 0 spiro atoms. The van der Waals surface area contributed by atoms with Crippen LogP contribution >= 0.6 is 0 Å². The van der Waals surface area contributed by atoms with Crippen molar-refractivity contribution < 1.29 is 9.53 Å². The highest BCUT2D eigenvalue weighted by Gasteiger charge is 2.32. The monoisotopic (exact) mass is 331 g/mol. The molecule has 128 valence electrons. The molecule has 1 unspecified atom stereocenters. The van der Waals surface area contributed by atoms with E-state index in [9.17, 15) is 9.59 Å². The summed E-state index contributed by atoms with van der Waals surface area (Å²) < 4.78 is 7.27. The van der Waals surface area contributed by atoms with Crippen LogP contribution in [0, 0.1) is 13.8 Å². The number of carbonyl (C=O) groups is 1. The molecular weight excluding hydrogens is 310 g/mol. The summed E-state index contributed by atoms with van der Waals surface area (Å²) in [6, 6.07) is 1.05. The van der Waals surface area contributed by atoms with Crippen LogP contribution in [0.5, 0.6) is 0 Å². The van der Waals surface area contributed by atoms with Gasteiger partial charge in [0.1, 0.15) is 5.82 Å². The first-order valence-corrected chi connectivity index (χ1v) is 8.00. The molecule has 2 aromatic heterocycles. The van der Waals surface area contributed by atoms with Gasteiger partial charge in [0.25, 0.3) is 11.5 Å². The molecule has 1 fully saturated rings. The number of ether oxygens (including phenoxy) is 1. The predicted octanol–water partition coefficient (Wildman–Crippen LogP) is 0.817. The Bertz CT molecular complexity index is 810. The highest BCUT2D eigenvalue weighted by atomic mass is 16.5. The average Bonchev–Trinajstić information content (AvgIpc) is 2.94. The maximum absolute atomic E-state index is 13.0. The zero-order valence-corrected chi connectivity index (χ0v) is 14.1. The minimum Gasteiger partial charge on any atom is -0.377 e. The predicted molar refractivity (Wildman–Crippen MR) is 86.8 cm³/mol. The van der Waals surface area contributed by atoms with E-state index >= 15 is 0 Å². The minimum atomic E-state index is -0.378. The maximum atomic E-state index is 13.0. The number of H-pyrrole nitrogens is 1. The first kappa shape index (κ1) is 16.4. The number of nitrogens with one attached hydrogen (secondary N) is 1. The third-order valence-corrected chi connectivity index (χ3v) is 4.11. The fourth-order valence-corrected chi connectivity index (χ4v) is 2.91. The molecule has 3 rings (SSSR count). The summed E-state index contributed by atoms with van der Waals surface area (Å²) in [5, 5.41) is 4.34. The van der Waals surface area contributed by atoms with E-state index < -0.39 is 0 Å². The number of morpholine rings is 1. The molecule has 0 bridgehead atoms. The van der Waals surface area contributed by atoms with Gasteiger partial charge in [-0.25, -0.2) is 4.98 Å². The second-order valence-electron chi connectivity index (χ2n) is 5.83. The Labute approximate surface area is 139 Å². The summed E-state index contributed by atoms with van der Waals surface area (Å²) in [5.74, 6) is 0.408. The fourth-order valence-electron chi connectivity index (χ4n) is 2.91. The summed E-state index contributed by atoms with van der Waals surface area (Å²) in [5.41, 5.74) is 1.59. The third kappa shape index (κ3) is 3.09. The summed E-state index contributed by atoms with van der Waals surface area (Å²) >= 11 is 0. The molecule has 3 heterocycles. The Balaban J connectivity index is 1.95. The Morgan fingerprint density at radius 3 is 2.92 bits per heavy atom. The van der Waals surface area contributed by atoms with Crippen LogP contribution in [0.2, 0.25) is 0 Å². The van der Waals surface area contributed by atoms with Crippen LogP contribution in [0.25, 0.3) is 0 Å². The quantitative estimate of drug-likeness (QED) is 0.899. The van der Waals surface area contributed by atoms with Crippen LogP contribution in [0.3, 0.4) is 0 Å². The van der Waals surface area contributed by atoms with Gasteiger partial charge in [-0.1, -0.05) is 0 Å². The molecule has 0 aliphatic carbocycles. The van der Waals surface area contributed by atoms with Crippen molar-refractivity contribution in [3.63, 3.8) is 0 Å². The summed E-state index contributed by atoms with van der Waals surface area (Å²) in [6.45, 7) is 7.46. The molecule has 8 heteroatoms. The van der Waals surface area contributed by atoms with Crippen molar-refractivity contribution in [3.05, 3.63) is 45.4 Å². The molecule has 0 aromatic carbocycles. The van der Waals surface area contributed by atoms with E-state index in [1.165, 1.54) is 6.07 Å². The average molecular weight is 331 g/mol. The number of rotatable bonds is 3. The Morgan fingerprint density at radius 2 is 2.25 bits per heavy atom. The van der Waals surface area contributed by atoms with Crippen LogP contribution in [-0.4, -0.2) is 50.3 Å². The molecule has 2 aromatic rings. The maximum Gasteiger partial charge on any atom is 0.258 e. The van der Waals surface area contributed by atoms with Crippen molar-refractivity contribution in [1.82, 2.24) is 24.6 Å². The number of aryl methyl sites for hydroxylation is 3. The SMILES string of the molecule is CCn1cc(C(=O)N2CCOCC2c2cc(=O)[nH]c(C)n2)c(C)n1. The first-order chi connectivity index (χ1) is 11.5. The highest BCUT2D eigenvalue weighted by molar-refractivity contribution is 5.95. The highest BCUT2D eigenvalue weighted by Crippen LogP contribution is 2.24. The molecular formula is C16H21N5O3. The Morgan fingerprint density at radius 1 is 1.46 bits per heavy atom. The van der Waals surface area contributed by atoms with Gasteiger partial charge in [-0.15, -0.1) is 0 Å². The second kappa shape index (κ2) is 6.56. The molecule has 0 saturated carbocycles. The minimum absolute atomic E-state index is 0.111. The number of aromatic amines is 1. The van der Waals surface area contributed by atoms with E-state index in [2.05, 4.69) is 15.1 Å². The summed E-state index contributed by atoms with van der Waals surface area (Å²) in [7, 11) is 0. The number of amides is 1. The second-order valence-corrected chi connectivity index (χ2v) is 5.83. The van der Waals surface area contributed by atoms with Gasteiger partial charge in [0, 0.05) is 25.4 Å². The molecule has 1 aliphatic heterocycles. The molecule has 1 N–H and O–H groups in total. The van der Waals surface area contributed by atoms with Crippen LogP contribution in [0.15, 0.2) is 17.1 Å². The number of carbonyl (C=O) groups excluding carboxylic acids is 1. The normalized spacial score (nSPS) is 18.0. The van der Waals surface area contributed by atoms with E-state index in [-0.39, 0.29) is 17.5 Å². The Kier molecular flexibility index (Phi) is 4.48. The van der Waals surface area contributed by atoms with Crippen molar-refractivity contribution in [1.29, 1.82) is 0 Å². The molecule has 0 radical (unpaired) electrons. The molecule has 8 nitrogen and oxygen atoms in total. The van der Waals surface area contributed by atoms with Crippen LogP contribution < -0.4 is 5.56 Å². The van der Waals surface area contributed by atoms with E-state index in [1.54, 1.807) is 22.7 Å². The van der Waals surface area contributed by atoms with Crippen molar-refractivity contribution in [2.75, 3.05) is 19.8 Å². The topological polar surface area (TPSA) is 93.1 Å². The van der Waals surface area contributed by atoms with E-state index in [4.69, 9.17) is 4.74 Å². The standard InChI is InChI=1S/C16H21N5O3/c1-4-20-8-12(10(2)19-20)16(23)21-5-6-24-9-14(21)13-7-15(22)18-11(3)17-13/h7-8,14H,4-6,9H2,1-3H3,(H,17,18,22). The van der Waals surface area contributed by atoms with Gasteiger partial charge in [0.05, 0.1) is 36.2 Å². The number of aromatic nitrogens is 4. The van der Waals surface area contributed by atoms with E-state index in [0.29, 0.717) is 49.1 Å². The fraction of sp³-hybridized carbons (Fsp3) is 0.500. The number of hydrogen-bond acceptors (Lipinski definition) is 5. The lowest BCUT2D eigenvalue weighted by atomic mass is 10.1. The van der Waals surface area contributed by atoms with Gasteiger partial charge in [-0.2, -0.15) is 5.10 Å². The number of nitrogens with zero attached hydrogens (tertiary/aromatic N) is 4. The molecule has 1 aliphatic rings. The molecule has 1 saturated heterocycles. The lowest BCUT2D eigenvalue weighted by molar-refractivity contribution is -0.00405. The first-order valence-electron chi connectivity index (χ1n) is 8.00. The molecule has 1 amide bonds. The van der Waals surface area contributed by atoms with Crippen molar-refractivity contribution in [2.45, 2.75) is 33.4 Å². The Hall–Kier alpha value is -2.48. The van der Waals surface area contributed by atoms with Gasteiger partial charge in [0.15, 0.2) is 0 Å². The zero-order valence-electron chi connectivity index (χ0n) is 14.1. The third-order valence-electron chi connectivity index (χ3n) is 4.11. The van der Waals surface area contributed by atoms with Crippen LogP contribution in [-0.2, 0) is 11.3 Å². The summed E-state index contributed by atoms with van der Waals surface area (Å²) in [6.07, 6.45) is 1.76. The summed E-state index contributed by atoms with van der Waals surface area (Å²) in [4.78, 5) is 33.5. The number of hydrogen-bond donors (Lipinski definition) is 1. The van der Waals surface area contributed by atoms with E-state index in [0.717, 1.165) is 0 Å². The van der Waals surface area contributed by atoms with Gasteiger partial charge in [0.2, 0.25) is 0 Å². The lowest BCUT2D eigenvalue weighted by Gasteiger charge is -2.35. The zero-order chi connectivity index (χ0) is 17.3. The van der Waals surface area contributed by atoms with Gasteiger partial charge >= 0.3 is 0 Å².